The number of aliphatic hydroxyl groups is 1. The first kappa shape index (κ1) is 14.7. The largest absolute Gasteiger partial charge is 0.508 e. The number of hydrogen-bond donors (Lipinski definition) is 4. The monoisotopic (exact) mass is 278 g/mol. The van der Waals surface area contributed by atoms with Crippen molar-refractivity contribution in [2.24, 2.45) is 0 Å². The van der Waals surface area contributed by atoms with E-state index >= 15 is 0 Å². The lowest BCUT2D eigenvalue weighted by atomic mass is 9.85. The van der Waals surface area contributed by atoms with Gasteiger partial charge in [0.05, 0.1) is 5.60 Å². The number of urea groups is 1. The van der Waals surface area contributed by atoms with E-state index in [9.17, 15) is 9.90 Å². The highest BCUT2D eigenvalue weighted by Crippen LogP contribution is 2.27. The number of amides is 2. The summed E-state index contributed by atoms with van der Waals surface area (Å²) >= 11 is 0. The minimum Gasteiger partial charge on any atom is -0.508 e. The van der Waals surface area contributed by atoms with Gasteiger partial charge in [0.15, 0.2) is 0 Å². The normalized spacial score (nSPS) is 17.4. The molecule has 2 amide bonds. The molecule has 1 aromatic rings. The highest BCUT2D eigenvalue weighted by molar-refractivity contribution is 5.73. The van der Waals surface area contributed by atoms with Gasteiger partial charge in [0.1, 0.15) is 5.75 Å². The summed E-state index contributed by atoms with van der Waals surface area (Å²) in [7, 11) is 0. The van der Waals surface area contributed by atoms with Gasteiger partial charge in [0.25, 0.3) is 0 Å². The van der Waals surface area contributed by atoms with Gasteiger partial charge in [-0.15, -0.1) is 0 Å². The third-order valence-corrected chi connectivity index (χ3v) is 3.75. The Morgan fingerprint density at radius 2 is 1.75 bits per heavy atom. The first-order chi connectivity index (χ1) is 9.57. The number of nitrogens with one attached hydrogen (secondary N) is 2. The van der Waals surface area contributed by atoms with Crippen molar-refractivity contribution in [3.8, 4) is 5.75 Å². The quantitative estimate of drug-likeness (QED) is 0.679. The van der Waals surface area contributed by atoms with E-state index in [-0.39, 0.29) is 11.8 Å². The van der Waals surface area contributed by atoms with Crippen molar-refractivity contribution < 1.29 is 15.0 Å². The number of hydrogen-bond acceptors (Lipinski definition) is 3. The van der Waals surface area contributed by atoms with Gasteiger partial charge < -0.3 is 20.8 Å². The predicted molar refractivity (Wildman–Crippen MR) is 76.4 cm³/mol. The van der Waals surface area contributed by atoms with E-state index in [2.05, 4.69) is 10.6 Å². The second-order valence-corrected chi connectivity index (χ2v) is 5.49. The molecule has 2 rings (SSSR count). The van der Waals surface area contributed by atoms with E-state index in [1.165, 1.54) is 0 Å². The van der Waals surface area contributed by atoms with Gasteiger partial charge >= 0.3 is 6.03 Å². The third kappa shape index (κ3) is 4.42. The molecule has 20 heavy (non-hydrogen) atoms. The summed E-state index contributed by atoms with van der Waals surface area (Å²) in [5.74, 6) is 0.206. The molecule has 5 heteroatoms. The molecule has 1 aliphatic carbocycles. The van der Waals surface area contributed by atoms with Crippen LogP contribution in [-0.4, -0.2) is 28.4 Å². The molecular weight excluding hydrogens is 256 g/mol. The number of rotatable bonds is 4. The van der Waals surface area contributed by atoms with Crippen molar-refractivity contribution in [3.05, 3.63) is 29.8 Å². The van der Waals surface area contributed by atoms with E-state index in [0.717, 1.165) is 37.7 Å². The molecule has 4 N–H and O–H groups in total. The Bertz CT molecular complexity index is 439. The summed E-state index contributed by atoms with van der Waals surface area (Å²) in [6.45, 7) is 0.693. The topological polar surface area (TPSA) is 81.6 Å². The first-order valence-electron chi connectivity index (χ1n) is 7.09. The number of carbonyl (C=O) groups is 1. The van der Waals surface area contributed by atoms with Gasteiger partial charge in [-0.05, 0) is 30.5 Å². The maximum atomic E-state index is 11.7. The molecule has 0 unspecified atom stereocenters. The van der Waals surface area contributed by atoms with Crippen LogP contribution < -0.4 is 10.6 Å². The van der Waals surface area contributed by atoms with E-state index in [0.29, 0.717) is 13.1 Å². The van der Waals surface area contributed by atoms with Gasteiger partial charge in [0.2, 0.25) is 0 Å². The minimum atomic E-state index is -0.742. The Hall–Kier alpha value is -1.75. The van der Waals surface area contributed by atoms with Gasteiger partial charge in [0, 0.05) is 13.1 Å². The summed E-state index contributed by atoms with van der Waals surface area (Å²) in [6.07, 6.45) is 4.71. The number of phenolic OH excluding ortho intramolecular Hbond substituents is 1. The molecule has 0 atom stereocenters. The molecule has 0 saturated heterocycles. The van der Waals surface area contributed by atoms with Crippen molar-refractivity contribution in [2.75, 3.05) is 6.54 Å². The molecule has 110 valence electrons. The Balaban J connectivity index is 1.71. The molecule has 1 aliphatic rings. The van der Waals surface area contributed by atoms with E-state index < -0.39 is 5.60 Å². The summed E-state index contributed by atoms with van der Waals surface area (Å²) < 4.78 is 0. The van der Waals surface area contributed by atoms with Gasteiger partial charge in [-0.1, -0.05) is 31.4 Å². The zero-order valence-corrected chi connectivity index (χ0v) is 11.6. The van der Waals surface area contributed by atoms with Crippen LogP contribution in [0.1, 0.15) is 37.7 Å². The SMILES string of the molecule is O=C(NCc1ccc(O)cc1)NCC1(O)CCCCC1. The summed E-state index contributed by atoms with van der Waals surface area (Å²) in [5.41, 5.74) is 0.169. The zero-order valence-electron chi connectivity index (χ0n) is 11.6. The van der Waals surface area contributed by atoms with Crippen LogP contribution in [0.3, 0.4) is 0 Å². The molecule has 0 aliphatic heterocycles. The fourth-order valence-corrected chi connectivity index (χ4v) is 2.49. The maximum absolute atomic E-state index is 11.7. The molecule has 0 heterocycles. The Morgan fingerprint density at radius 3 is 2.40 bits per heavy atom. The molecule has 0 radical (unpaired) electrons. The number of benzene rings is 1. The van der Waals surface area contributed by atoms with Crippen molar-refractivity contribution in [1.29, 1.82) is 0 Å². The summed E-state index contributed by atoms with van der Waals surface area (Å²) in [5, 5.41) is 24.9. The molecule has 1 aromatic carbocycles. The van der Waals surface area contributed by atoms with Crippen LogP contribution in [0.4, 0.5) is 4.79 Å². The Kier molecular flexibility index (Phi) is 4.84. The van der Waals surface area contributed by atoms with E-state index in [1.54, 1.807) is 24.3 Å². The van der Waals surface area contributed by atoms with Crippen molar-refractivity contribution in [2.45, 2.75) is 44.2 Å². The smallest absolute Gasteiger partial charge is 0.315 e. The minimum absolute atomic E-state index is 0.206. The van der Waals surface area contributed by atoms with Crippen LogP contribution in [-0.2, 0) is 6.54 Å². The number of aromatic hydroxyl groups is 1. The lowest BCUT2D eigenvalue weighted by Crippen LogP contribution is -2.47. The van der Waals surface area contributed by atoms with Crippen LogP contribution in [0.15, 0.2) is 24.3 Å². The second-order valence-electron chi connectivity index (χ2n) is 5.49. The van der Waals surface area contributed by atoms with Gasteiger partial charge in [-0.25, -0.2) is 4.79 Å². The maximum Gasteiger partial charge on any atom is 0.315 e. The van der Waals surface area contributed by atoms with E-state index in [4.69, 9.17) is 5.11 Å². The van der Waals surface area contributed by atoms with Gasteiger partial charge in [-0.2, -0.15) is 0 Å². The fraction of sp³-hybridized carbons (Fsp3) is 0.533. The average molecular weight is 278 g/mol. The number of carbonyl (C=O) groups excluding carboxylic acids is 1. The molecule has 0 spiro atoms. The highest BCUT2D eigenvalue weighted by atomic mass is 16.3. The summed E-state index contributed by atoms with van der Waals surface area (Å²) in [4.78, 5) is 11.7. The Morgan fingerprint density at radius 1 is 1.10 bits per heavy atom. The third-order valence-electron chi connectivity index (χ3n) is 3.75. The standard InChI is InChI=1S/C15H22N2O3/c18-13-6-4-12(5-7-13)10-16-14(19)17-11-15(20)8-2-1-3-9-15/h4-7,18,20H,1-3,8-11H2,(H2,16,17,19). The Labute approximate surface area is 119 Å². The van der Waals surface area contributed by atoms with Gasteiger partial charge in [-0.3, -0.25) is 0 Å². The zero-order chi connectivity index (χ0) is 14.4. The second kappa shape index (κ2) is 6.61. The first-order valence-corrected chi connectivity index (χ1v) is 7.09. The molecule has 0 aromatic heterocycles. The van der Waals surface area contributed by atoms with Crippen LogP contribution >= 0.6 is 0 Å². The number of phenols is 1. The fourth-order valence-electron chi connectivity index (χ4n) is 2.49. The predicted octanol–water partition coefficient (Wildman–Crippen LogP) is 1.89. The molecule has 1 fully saturated rings. The lowest BCUT2D eigenvalue weighted by Gasteiger charge is -2.32. The van der Waals surface area contributed by atoms with Crippen molar-refractivity contribution >= 4 is 6.03 Å². The molecule has 0 bridgehead atoms. The molecule has 1 saturated carbocycles. The van der Waals surface area contributed by atoms with Crippen LogP contribution in [0.25, 0.3) is 0 Å². The average Bonchev–Trinajstić information content (AvgIpc) is 2.45. The van der Waals surface area contributed by atoms with Crippen LogP contribution in [0.5, 0.6) is 5.75 Å². The summed E-state index contributed by atoms with van der Waals surface area (Å²) in [6, 6.07) is 6.39. The van der Waals surface area contributed by atoms with Crippen molar-refractivity contribution in [3.63, 3.8) is 0 Å². The molecule has 5 nitrogen and oxygen atoms in total. The van der Waals surface area contributed by atoms with Crippen LogP contribution in [0, 0.1) is 0 Å². The van der Waals surface area contributed by atoms with Crippen molar-refractivity contribution in [1.82, 2.24) is 10.6 Å². The van der Waals surface area contributed by atoms with E-state index in [1.807, 2.05) is 0 Å². The highest BCUT2D eigenvalue weighted by Gasteiger charge is 2.29. The lowest BCUT2D eigenvalue weighted by molar-refractivity contribution is 0.00719. The van der Waals surface area contributed by atoms with Crippen LogP contribution in [0.2, 0.25) is 0 Å². The molecular formula is C15H22N2O3.